The molecule has 3 aromatic carbocycles. The van der Waals surface area contributed by atoms with Gasteiger partial charge in [0.2, 0.25) is 0 Å². The molecule has 0 unspecified atom stereocenters. The molecule has 0 aliphatic rings. The molecular weight excluding hydrogens is 280 g/mol. The quantitative estimate of drug-likeness (QED) is 0.568. The van der Waals surface area contributed by atoms with Gasteiger partial charge < -0.3 is 4.74 Å². The maximum Gasteiger partial charge on any atom is 0.127 e. The van der Waals surface area contributed by atoms with Crippen LogP contribution in [-0.4, -0.2) is 0 Å². The van der Waals surface area contributed by atoms with Crippen LogP contribution in [0, 0.1) is 25.7 Å². The van der Waals surface area contributed by atoms with Crippen molar-refractivity contribution in [2.75, 3.05) is 0 Å². The fourth-order valence-corrected chi connectivity index (χ4v) is 2.13. The normalized spacial score (nSPS) is 9.83. The highest BCUT2D eigenvalue weighted by molar-refractivity contribution is 5.45. The minimum Gasteiger partial charge on any atom is -0.457 e. The van der Waals surface area contributed by atoms with Crippen LogP contribution >= 0.6 is 0 Å². The summed E-state index contributed by atoms with van der Waals surface area (Å²) in [5, 5.41) is 0. The summed E-state index contributed by atoms with van der Waals surface area (Å²) in [5.41, 5.74) is 4.46. The Balaban J connectivity index is 1.70. The fraction of sp³-hybridized carbons (Fsp3) is 0.0909. The first-order valence-corrected chi connectivity index (χ1v) is 7.62. The van der Waals surface area contributed by atoms with Crippen molar-refractivity contribution in [1.82, 2.24) is 0 Å². The summed E-state index contributed by atoms with van der Waals surface area (Å²) in [7, 11) is 0. The van der Waals surface area contributed by atoms with Gasteiger partial charge in [-0.2, -0.15) is 0 Å². The van der Waals surface area contributed by atoms with Crippen molar-refractivity contribution >= 4 is 0 Å². The molecule has 3 rings (SSSR count). The zero-order valence-electron chi connectivity index (χ0n) is 13.3. The zero-order chi connectivity index (χ0) is 16.1. The molecule has 0 aromatic heterocycles. The van der Waals surface area contributed by atoms with E-state index < -0.39 is 0 Å². The van der Waals surface area contributed by atoms with Crippen LogP contribution in [0.25, 0.3) is 0 Å². The molecule has 0 atom stereocenters. The molecule has 112 valence electrons. The number of ether oxygens (including phenoxy) is 1. The summed E-state index contributed by atoms with van der Waals surface area (Å²) >= 11 is 0. The van der Waals surface area contributed by atoms with Crippen LogP contribution in [-0.2, 0) is 0 Å². The smallest absolute Gasteiger partial charge is 0.127 e. The zero-order valence-corrected chi connectivity index (χ0v) is 13.3. The lowest BCUT2D eigenvalue weighted by atomic mass is 10.1. The fourth-order valence-electron chi connectivity index (χ4n) is 2.13. The molecule has 0 fully saturated rings. The maximum atomic E-state index is 5.82. The van der Waals surface area contributed by atoms with E-state index in [1.54, 1.807) is 0 Å². The first-order valence-electron chi connectivity index (χ1n) is 7.62. The van der Waals surface area contributed by atoms with E-state index >= 15 is 0 Å². The van der Waals surface area contributed by atoms with Crippen molar-refractivity contribution in [3.05, 3.63) is 95.1 Å². The van der Waals surface area contributed by atoms with Crippen molar-refractivity contribution in [3.63, 3.8) is 0 Å². The van der Waals surface area contributed by atoms with Crippen molar-refractivity contribution in [2.24, 2.45) is 0 Å². The van der Waals surface area contributed by atoms with E-state index in [0.717, 1.165) is 22.6 Å². The van der Waals surface area contributed by atoms with E-state index in [-0.39, 0.29) is 0 Å². The summed E-state index contributed by atoms with van der Waals surface area (Å²) in [5.74, 6) is 8.00. The molecule has 0 radical (unpaired) electrons. The molecule has 0 saturated heterocycles. The summed E-state index contributed by atoms with van der Waals surface area (Å²) in [4.78, 5) is 0. The molecule has 0 spiro atoms. The van der Waals surface area contributed by atoms with Crippen molar-refractivity contribution in [2.45, 2.75) is 13.8 Å². The third-order valence-electron chi connectivity index (χ3n) is 3.51. The predicted octanol–water partition coefficient (Wildman–Crippen LogP) is 5.50. The van der Waals surface area contributed by atoms with Gasteiger partial charge in [0.25, 0.3) is 0 Å². The monoisotopic (exact) mass is 298 g/mol. The van der Waals surface area contributed by atoms with E-state index in [0.29, 0.717) is 0 Å². The minimum atomic E-state index is 0.815. The van der Waals surface area contributed by atoms with Crippen LogP contribution < -0.4 is 4.74 Å². The third-order valence-corrected chi connectivity index (χ3v) is 3.51. The van der Waals surface area contributed by atoms with E-state index in [2.05, 4.69) is 37.8 Å². The van der Waals surface area contributed by atoms with Gasteiger partial charge in [0, 0.05) is 11.1 Å². The lowest BCUT2D eigenvalue weighted by molar-refractivity contribution is 0.482. The van der Waals surface area contributed by atoms with Gasteiger partial charge in [-0.05, 0) is 62.4 Å². The van der Waals surface area contributed by atoms with Gasteiger partial charge in [-0.1, -0.05) is 47.2 Å². The average Bonchev–Trinajstić information content (AvgIpc) is 2.58. The lowest BCUT2D eigenvalue weighted by Gasteiger charge is -2.05. The van der Waals surface area contributed by atoms with Gasteiger partial charge in [0.05, 0.1) is 0 Å². The molecule has 0 bridgehead atoms. The highest BCUT2D eigenvalue weighted by Crippen LogP contribution is 2.21. The molecule has 1 nitrogen and oxygen atoms in total. The molecule has 3 aromatic rings. The predicted molar refractivity (Wildman–Crippen MR) is 94.9 cm³/mol. The molecule has 23 heavy (non-hydrogen) atoms. The second-order valence-corrected chi connectivity index (χ2v) is 5.56. The Morgan fingerprint density at radius 1 is 0.522 bits per heavy atom. The Morgan fingerprint density at radius 2 is 0.870 bits per heavy atom. The first-order chi connectivity index (χ1) is 11.2. The van der Waals surface area contributed by atoms with Crippen molar-refractivity contribution in [3.8, 4) is 23.3 Å². The van der Waals surface area contributed by atoms with Gasteiger partial charge in [0.15, 0.2) is 0 Å². The topological polar surface area (TPSA) is 9.23 Å². The van der Waals surface area contributed by atoms with E-state index in [1.165, 1.54) is 11.1 Å². The SMILES string of the molecule is Cc1ccc(C#Cc2ccc(Oc3ccc(C)cc3)cc2)cc1. The number of rotatable bonds is 2. The van der Waals surface area contributed by atoms with Crippen LogP contribution in [0.3, 0.4) is 0 Å². The van der Waals surface area contributed by atoms with E-state index in [1.807, 2.05) is 60.7 Å². The van der Waals surface area contributed by atoms with Crippen LogP contribution in [0.1, 0.15) is 22.3 Å². The van der Waals surface area contributed by atoms with Crippen LogP contribution in [0.5, 0.6) is 11.5 Å². The van der Waals surface area contributed by atoms with Crippen LogP contribution in [0.4, 0.5) is 0 Å². The Labute approximate surface area is 137 Å². The summed E-state index contributed by atoms with van der Waals surface area (Å²) in [6.07, 6.45) is 0. The van der Waals surface area contributed by atoms with Crippen LogP contribution in [0.2, 0.25) is 0 Å². The van der Waals surface area contributed by atoms with Gasteiger partial charge in [-0.15, -0.1) is 0 Å². The van der Waals surface area contributed by atoms with Crippen molar-refractivity contribution in [1.29, 1.82) is 0 Å². The molecule has 0 N–H and O–H groups in total. The average molecular weight is 298 g/mol. The van der Waals surface area contributed by atoms with Gasteiger partial charge in [-0.3, -0.25) is 0 Å². The molecule has 0 amide bonds. The largest absolute Gasteiger partial charge is 0.457 e. The summed E-state index contributed by atoms with van der Waals surface area (Å²) < 4.78 is 5.82. The number of benzene rings is 3. The second kappa shape index (κ2) is 6.85. The maximum absolute atomic E-state index is 5.82. The highest BCUT2D eigenvalue weighted by atomic mass is 16.5. The van der Waals surface area contributed by atoms with Crippen LogP contribution in [0.15, 0.2) is 72.8 Å². The molecule has 1 heteroatoms. The lowest BCUT2D eigenvalue weighted by Crippen LogP contribution is -1.84. The van der Waals surface area contributed by atoms with Crippen molar-refractivity contribution < 1.29 is 4.74 Å². The molecular formula is C22H18O. The summed E-state index contributed by atoms with van der Waals surface area (Å²) in [6, 6.07) is 24.1. The molecule has 0 heterocycles. The number of hydrogen-bond acceptors (Lipinski definition) is 1. The second-order valence-electron chi connectivity index (χ2n) is 5.56. The molecule has 0 aliphatic carbocycles. The molecule has 0 saturated carbocycles. The van der Waals surface area contributed by atoms with Gasteiger partial charge in [0.1, 0.15) is 11.5 Å². The first kappa shape index (κ1) is 14.9. The third kappa shape index (κ3) is 4.25. The Kier molecular flexibility index (Phi) is 4.45. The highest BCUT2D eigenvalue weighted by Gasteiger charge is 1.97. The van der Waals surface area contributed by atoms with Gasteiger partial charge >= 0.3 is 0 Å². The Morgan fingerprint density at radius 3 is 1.35 bits per heavy atom. The minimum absolute atomic E-state index is 0.815. The molecule has 0 aliphatic heterocycles. The number of hydrogen-bond donors (Lipinski definition) is 0. The Hall–Kier alpha value is -2.98. The number of aryl methyl sites for hydroxylation is 2. The van der Waals surface area contributed by atoms with Gasteiger partial charge in [-0.25, -0.2) is 0 Å². The van der Waals surface area contributed by atoms with E-state index in [9.17, 15) is 0 Å². The standard InChI is InChI=1S/C22H18O/c1-17-3-7-19(8-4-17)9-10-20-11-15-22(16-12-20)23-21-13-5-18(2)6-14-21/h3-8,11-16H,1-2H3. The van der Waals surface area contributed by atoms with E-state index in [4.69, 9.17) is 4.74 Å². The summed E-state index contributed by atoms with van der Waals surface area (Å²) in [6.45, 7) is 4.13. The Bertz CT molecular complexity index is 830.